The lowest BCUT2D eigenvalue weighted by Gasteiger charge is -2.09. The van der Waals surface area contributed by atoms with E-state index in [4.69, 9.17) is 9.47 Å². The zero-order valence-corrected chi connectivity index (χ0v) is 12.2. The number of methoxy groups -OCH3 is 2. The summed E-state index contributed by atoms with van der Waals surface area (Å²) in [6.45, 7) is 2.19. The van der Waals surface area contributed by atoms with E-state index in [1.165, 1.54) is 19.3 Å². The number of Topliss-reactive ketones (excluding diaryl/α,β-unsaturated/α-hetero) is 1. The third kappa shape index (κ3) is 4.93. The molecule has 0 atom stereocenters. The second-order valence-electron chi connectivity index (χ2n) is 4.66. The maximum atomic E-state index is 12.0. The summed E-state index contributed by atoms with van der Waals surface area (Å²) in [5.74, 6) is 1.44. The van der Waals surface area contributed by atoms with Gasteiger partial charge in [0.05, 0.1) is 14.2 Å². The zero-order chi connectivity index (χ0) is 14.1. The van der Waals surface area contributed by atoms with Gasteiger partial charge in [-0.3, -0.25) is 4.79 Å². The molecular formula is C16H24O3. The number of hydrogen-bond donors (Lipinski definition) is 0. The van der Waals surface area contributed by atoms with Crippen molar-refractivity contribution in [3.05, 3.63) is 23.8 Å². The lowest BCUT2D eigenvalue weighted by atomic mass is 10.0. The van der Waals surface area contributed by atoms with Gasteiger partial charge in [-0.25, -0.2) is 0 Å². The number of unbranched alkanes of at least 4 members (excludes halogenated alkanes) is 4. The molecule has 0 aromatic heterocycles. The fraction of sp³-hybridized carbons (Fsp3) is 0.562. The first-order valence-corrected chi connectivity index (χ1v) is 6.98. The maximum absolute atomic E-state index is 12.0. The van der Waals surface area contributed by atoms with Crippen LogP contribution >= 0.6 is 0 Å². The molecule has 0 spiro atoms. The first kappa shape index (κ1) is 15.5. The molecule has 1 aromatic rings. The first-order valence-electron chi connectivity index (χ1n) is 6.98. The topological polar surface area (TPSA) is 35.5 Å². The predicted octanol–water partition coefficient (Wildman–Crippen LogP) is 4.25. The molecule has 0 aliphatic carbocycles. The highest BCUT2D eigenvalue weighted by atomic mass is 16.5. The van der Waals surface area contributed by atoms with Gasteiger partial charge in [0.15, 0.2) is 17.3 Å². The van der Waals surface area contributed by atoms with Gasteiger partial charge in [-0.05, 0) is 24.6 Å². The van der Waals surface area contributed by atoms with Crippen molar-refractivity contribution < 1.29 is 14.3 Å². The molecule has 0 amide bonds. The number of benzene rings is 1. The van der Waals surface area contributed by atoms with Gasteiger partial charge in [-0.1, -0.05) is 32.6 Å². The molecule has 19 heavy (non-hydrogen) atoms. The quantitative estimate of drug-likeness (QED) is 0.494. The maximum Gasteiger partial charge on any atom is 0.163 e. The summed E-state index contributed by atoms with van der Waals surface area (Å²) in [6, 6.07) is 5.34. The normalized spacial score (nSPS) is 10.3. The van der Waals surface area contributed by atoms with Crippen molar-refractivity contribution in [2.45, 2.75) is 45.4 Å². The van der Waals surface area contributed by atoms with Gasteiger partial charge in [-0.2, -0.15) is 0 Å². The van der Waals surface area contributed by atoms with Crippen molar-refractivity contribution in [3.8, 4) is 11.5 Å². The first-order chi connectivity index (χ1) is 9.22. The molecular weight excluding hydrogens is 240 g/mol. The molecule has 0 bridgehead atoms. The Labute approximate surface area is 115 Å². The number of ether oxygens (including phenoxy) is 2. The van der Waals surface area contributed by atoms with E-state index in [-0.39, 0.29) is 5.78 Å². The number of rotatable bonds is 9. The third-order valence-corrected chi connectivity index (χ3v) is 3.21. The predicted molar refractivity (Wildman–Crippen MR) is 77.3 cm³/mol. The summed E-state index contributed by atoms with van der Waals surface area (Å²) in [5, 5.41) is 0. The van der Waals surface area contributed by atoms with Crippen LogP contribution in [0.3, 0.4) is 0 Å². The number of hydrogen-bond acceptors (Lipinski definition) is 3. The minimum Gasteiger partial charge on any atom is -0.493 e. The molecule has 0 aliphatic rings. The van der Waals surface area contributed by atoms with Crippen LogP contribution in [0.2, 0.25) is 0 Å². The molecule has 0 N–H and O–H groups in total. The van der Waals surface area contributed by atoms with Crippen molar-refractivity contribution in [1.82, 2.24) is 0 Å². The van der Waals surface area contributed by atoms with Crippen LogP contribution in [0, 0.1) is 0 Å². The van der Waals surface area contributed by atoms with E-state index in [1.807, 2.05) is 0 Å². The fourth-order valence-corrected chi connectivity index (χ4v) is 2.04. The van der Waals surface area contributed by atoms with Crippen LogP contribution in [0.4, 0.5) is 0 Å². The van der Waals surface area contributed by atoms with Crippen molar-refractivity contribution in [2.24, 2.45) is 0 Å². The monoisotopic (exact) mass is 264 g/mol. The smallest absolute Gasteiger partial charge is 0.163 e. The summed E-state index contributed by atoms with van der Waals surface area (Å²) in [7, 11) is 3.17. The second-order valence-corrected chi connectivity index (χ2v) is 4.66. The minimum atomic E-state index is 0.178. The highest BCUT2D eigenvalue weighted by Gasteiger charge is 2.10. The SMILES string of the molecule is CCCCCCCC(=O)c1ccc(OC)c(OC)c1. The van der Waals surface area contributed by atoms with Crippen molar-refractivity contribution >= 4 is 5.78 Å². The molecule has 0 radical (unpaired) electrons. The van der Waals surface area contributed by atoms with Crippen molar-refractivity contribution in [1.29, 1.82) is 0 Å². The Morgan fingerprint density at radius 1 is 1.00 bits per heavy atom. The van der Waals surface area contributed by atoms with Gasteiger partial charge in [0, 0.05) is 12.0 Å². The molecule has 1 rings (SSSR count). The Bertz CT molecular complexity index is 399. The van der Waals surface area contributed by atoms with Crippen LogP contribution in [-0.4, -0.2) is 20.0 Å². The van der Waals surface area contributed by atoms with Crippen LogP contribution in [0.15, 0.2) is 18.2 Å². The van der Waals surface area contributed by atoms with E-state index in [0.29, 0.717) is 23.5 Å². The van der Waals surface area contributed by atoms with Crippen molar-refractivity contribution in [3.63, 3.8) is 0 Å². The molecule has 3 nitrogen and oxygen atoms in total. The molecule has 0 unspecified atom stereocenters. The van der Waals surface area contributed by atoms with Gasteiger partial charge in [0.1, 0.15) is 0 Å². The van der Waals surface area contributed by atoms with E-state index >= 15 is 0 Å². The third-order valence-electron chi connectivity index (χ3n) is 3.21. The average molecular weight is 264 g/mol. The van der Waals surface area contributed by atoms with Crippen LogP contribution in [0.1, 0.15) is 55.8 Å². The Hall–Kier alpha value is -1.51. The van der Waals surface area contributed by atoms with E-state index in [0.717, 1.165) is 12.8 Å². The largest absolute Gasteiger partial charge is 0.493 e. The number of carbonyl (C=O) groups is 1. The van der Waals surface area contributed by atoms with E-state index < -0.39 is 0 Å². The average Bonchev–Trinajstić information content (AvgIpc) is 2.46. The van der Waals surface area contributed by atoms with Crippen molar-refractivity contribution in [2.75, 3.05) is 14.2 Å². The molecule has 0 heterocycles. The lowest BCUT2D eigenvalue weighted by molar-refractivity contribution is 0.0978. The van der Waals surface area contributed by atoms with E-state index in [1.54, 1.807) is 32.4 Å². The highest BCUT2D eigenvalue weighted by Crippen LogP contribution is 2.28. The highest BCUT2D eigenvalue weighted by molar-refractivity contribution is 5.96. The molecule has 0 saturated carbocycles. The van der Waals surface area contributed by atoms with E-state index in [2.05, 4.69) is 6.92 Å². The van der Waals surface area contributed by atoms with E-state index in [9.17, 15) is 4.79 Å². The lowest BCUT2D eigenvalue weighted by Crippen LogP contribution is -2.00. The summed E-state index contributed by atoms with van der Waals surface area (Å²) >= 11 is 0. The van der Waals surface area contributed by atoms with Gasteiger partial charge in [-0.15, -0.1) is 0 Å². The summed E-state index contributed by atoms with van der Waals surface area (Å²) in [4.78, 5) is 12.0. The van der Waals surface area contributed by atoms with Crippen LogP contribution in [0.25, 0.3) is 0 Å². The molecule has 0 aliphatic heterocycles. The second kappa shape index (κ2) is 8.57. The Morgan fingerprint density at radius 2 is 1.68 bits per heavy atom. The van der Waals surface area contributed by atoms with Gasteiger partial charge < -0.3 is 9.47 Å². The summed E-state index contributed by atoms with van der Waals surface area (Å²) in [6.07, 6.45) is 6.41. The summed E-state index contributed by atoms with van der Waals surface area (Å²) in [5.41, 5.74) is 0.702. The Balaban J connectivity index is 2.52. The molecule has 0 saturated heterocycles. The Morgan fingerprint density at radius 3 is 2.32 bits per heavy atom. The van der Waals surface area contributed by atoms with Crippen LogP contribution < -0.4 is 9.47 Å². The Kier molecular flexibility index (Phi) is 7.01. The van der Waals surface area contributed by atoms with Crippen LogP contribution in [-0.2, 0) is 0 Å². The molecule has 1 aromatic carbocycles. The molecule has 106 valence electrons. The molecule has 3 heteroatoms. The van der Waals surface area contributed by atoms with Crippen LogP contribution in [0.5, 0.6) is 11.5 Å². The minimum absolute atomic E-state index is 0.178. The number of ketones is 1. The number of carbonyl (C=O) groups excluding carboxylic acids is 1. The molecule has 0 fully saturated rings. The van der Waals surface area contributed by atoms with Gasteiger partial charge >= 0.3 is 0 Å². The summed E-state index contributed by atoms with van der Waals surface area (Å²) < 4.78 is 10.4. The van der Waals surface area contributed by atoms with Gasteiger partial charge in [0.25, 0.3) is 0 Å². The zero-order valence-electron chi connectivity index (χ0n) is 12.2. The van der Waals surface area contributed by atoms with Gasteiger partial charge in [0.2, 0.25) is 0 Å². The fourth-order valence-electron chi connectivity index (χ4n) is 2.04. The standard InChI is InChI=1S/C16H24O3/c1-4-5-6-7-8-9-14(17)13-10-11-15(18-2)16(12-13)19-3/h10-12H,4-9H2,1-3H3.